The van der Waals surface area contributed by atoms with Crippen LogP contribution in [0.5, 0.6) is 0 Å². The van der Waals surface area contributed by atoms with Crippen molar-refractivity contribution >= 4 is 23.2 Å². The van der Waals surface area contributed by atoms with Gasteiger partial charge in [0.15, 0.2) is 0 Å². The Labute approximate surface area is 157 Å². The first kappa shape index (κ1) is 18.0. The van der Waals surface area contributed by atoms with E-state index in [4.69, 9.17) is 27.6 Å². The summed E-state index contributed by atoms with van der Waals surface area (Å²) in [6.45, 7) is 2.44. The molecule has 2 N–H and O–H groups in total. The fraction of sp³-hybridized carbons (Fsp3) is 0.200. The van der Waals surface area contributed by atoms with Crippen molar-refractivity contribution in [1.29, 1.82) is 0 Å². The standard InChI is InChI=1S/C20H19Cl2NO2/c1-13(20(24)14-5-3-2-4-6-14)23-12-16-8-10-19(25-16)17-11-15(21)7-9-18(17)22/h2-11,13,20,23-24H,12H2,1H3/t13-,20-/m0/s1. The zero-order valence-electron chi connectivity index (χ0n) is 13.7. The number of rotatable bonds is 6. The van der Waals surface area contributed by atoms with E-state index in [0.29, 0.717) is 22.4 Å². The molecule has 3 rings (SSSR count). The van der Waals surface area contributed by atoms with Crippen LogP contribution in [-0.4, -0.2) is 11.1 Å². The normalized spacial score (nSPS) is 13.6. The van der Waals surface area contributed by atoms with Crippen molar-refractivity contribution in [3.8, 4) is 11.3 Å². The average molecular weight is 376 g/mol. The highest BCUT2D eigenvalue weighted by Crippen LogP contribution is 2.31. The maximum Gasteiger partial charge on any atom is 0.135 e. The van der Waals surface area contributed by atoms with Crippen molar-refractivity contribution in [1.82, 2.24) is 5.32 Å². The first-order valence-electron chi connectivity index (χ1n) is 8.05. The molecule has 0 bridgehead atoms. The molecular weight excluding hydrogens is 357 g/mol. The molecule has 25 heavy (non-hydrogen) atoms. The van der Waals surface area contributed by atoms with Gasteiger partial charge in [0.05, 0.1) is 17.7 Å². The van der Waals surface area contributed by atoms with E-state index in [1.165, 1.54) is 0 Å². The third-order valence-corrected chi connectivity index (χ3v) is 4.63. The molecule has 0 fully saturated rings. The van der Waals surface area contributed by atoms with E-state index in [1.54, 1.807) is 18.2 Å². The van der Waals surface area contributed by atoms with Crippen molar-refractivity contribution in [3.05, 3.63) is 82.0 Å². The van der Waals surface area contributed by atoms with Gasteiger partial charge in [-0.1, -0.05) is 53.5 Å². The smallest absolute Gasteiger partial charge is 0.135 e. The Morgan fingerprint density at radius 2 is 1.80 bits per heavy atom. The van der Waals surface area contributed by atoms with Crippen LogP contribution >= 0.6 is 23.2 Å². The molecule has 2 atom stereocenters. The molecule has 0 saturated heterocycles. The summed E-state index contributed by atoms with van der Waals surface area (Å²) in [6, 6.07) is 18.5. The Kier molecular flexibility index (Phi) is 5.82. The summed E-state index contributed by atoms with van der Waals surface area (Å²) in [4.78, 5) is 0. The minimum Gasteiger partial charge on any atom is -0.460 e. The zero-order chi connectivity index (χ0) is 17.8. The van der Waals surface area contributed by atoms with Crippen molar-refractivity contribution in [2.24, 2.45) is 0 Å². The maximum absolute atomic E-state index is 10.4. The molecule has 2 aromatic carbocycles. The summed E-state index contributed by atoms with van der Waals surface area (Å²) in [6.07, 6.45) is -0.585. The van der Waals surface area contributed by atoms with Crippen LogP contribution in [0.25, 0.3) is 11.3 Å². The molecule has 3 nitrogen and oxygen atoms in total. The van der Waals surface area contributed by atoms with E-state index in [1.807, 2.05) is 49.4 Å². The van der Waals surface area contributed by atoms with Gasteiger partial charge in [-0.15, -0.1) is 0 Å². The second-order valence-electron chi connectivity index (χ2n) is 5.92. The third kappa shape index (κ3) is 4.44. The molecule has 3 aromatic rings. The van der Waals surface area contributed by atoms with Crippen LogP contribution in [0.15, 0.2) is 65.1 Å². The topological polar surface area (TPSA) is 45.4 Å². The highest BCUT2D eigenvalue weighted by molar-refractivity contribution is 6.35. The minimum atomic E-state index is -0.585. The Hall–Kier alpha value is -1.78. The Bertz CT molecular complexity index is 833. The first-order chi connectivity index (χ1) is 12.0. The lowest BCUT2D eigenvalue weighted by molar-refractivity contribution is 0.134. The molecule has 130 valence electrons. The maximum atomic E-state index is 10.4. The number of furan rings is 1. The summed E-state index contributed by atoms with van der Waals surface area (Å²) in [5.74, 6) is 1.43. The number of halogens is 2. The van der Waals surface area contributed by atoms with Gasteiger partial charge in [0, 0.05) is 16.6 Å². The molecular formula is C20H19Cl2NO2. The van der Waals surface area contributed by atoms with Gasteiger partial charge < -0.3 is 14.8 Å². The second kappa shape index (κ2) is 8.07. The SMILES string of the molecule is C[C@H](NCc1ccc(-c2cc(Cl)ccc2Cl)o1)[C@H](O)c1ccccc1. The number of hydrogen-bond acceptors (Lipinski definition) is 3. The molecule has 1 heterocycles. The number of aliphatic hydroxyl groups excluding tert-OH is 1. The Morgan fingerprint density at radius 1 is 1.04 bits per heavy atom. The van der Waals surface area contributed by atoms with Crippen LogP contribution in [0.2, 0.25) is 10.0 Å². The number of nitrogens with one attached hydrogen (secondary N) is 1. The van der Waals surface area contributed by atoms with Gasteiger partial charge in [-0.25, -0.2) is 0 Å². The van der Waals surface area contributed by atoms with Crippen molar-refractivity contribution in [2.75, 3.05) is 0 Å². The molecule has 0 saturated carbocycles. The summed E-state index contributed by atoms with van der Waals surface area (Å²) in [5, 5.41) is 14.9. The minimum absolute atomic E-state index is 0.120. The van der Waals surface area contributed by atoms with E-state index >= 15 is 0 Å². The molecule has 0 aliphatic heterocycles. The van der Waals surface area contributed by atoms with Crippen LogP contribution in [0, 0.1) is 0 Å². The lowest BCUT2D eigenvalue weighted by atomic mass is 10.0. The first-order valence-corrected chi connectivity index (χ1v) is 8.80. The van der Waals surface area contributed by atoms with E-state index in [2.05, 4.69) is 5.32 Å². The number of hydrogen-bond donors (Lipinski definition) is 2. The highest BCUT2D eigenvalue weighted by atomic mass is 35.5. The van der Waals surface area contributed by atoms with Gasteiger partial charge >= 0.3 is 0 Å². The summed E-state index contributed by atoms with van der Waals surface area (Å²) in [5.41, 5.74) is 1.64. The van der Waals surface area contributed by atoms with Crippen LogP contribution < -0.4 is 5.32 Å². The molecule has 0 spiro atoms. The van der Waals surface area contributed by atoms with Crippen LogP contribution in [0.3, 0.4) is 0 Å². The fourth-order valence-corrected chi connectivity index (χ4v) is 3.00. The number of benzene rings is 2. The Balaban J connectivity index is 1.65. The van der Waals surface area contributed by atoms with Crippen molar-refractivity contribution < 1.29 is 9.52 Å². The third-order valence-electron chi connectivity index (χ3n) is 4.07. The van der Waals surface area contributed by atoms with Crippen LogP contribution in [0.1, 0.15) is 24.4 Å². The molecule has 0 aliphatic rings. The monoisotopic (exact) mass is 375 g/mol. The van der Waals surface area contributed by atoms with E-state index in [0.717, 1.165) is 16.9 Å². The molecule has 0 amide bonds. The summed E-state index contributed by atoms with van der Waals surface area (Å²) < 4.78 is 5.85. The molecule has 0 radical (unpaired) electrons. The Morgan fingerprint density at radius 3 is 2.56 bits per heavy atom. The zero-order valence-corrected chi connectivity index (χ0v) is 15.3. The van der Waals surface area contributed by atoms with Gasteiger partial charge in [-0.05, 0) is 42.8 Å². The molecule has 0 aliphatic carbocycles. The molecule has 1 aromatic heterocycles. The molecule has 0 unspecified atom stereocenters. The summed E-state index contributed by atoms with van der Waals surface area (Å²) in [7, 11) is 0. The van der Waals surface area contributed by atoms with Gasteiger partial charge in [-0.3, -0.25) is 0 Å². The predicted molar refractivity (Wildman–Crippen MR) is 102 cm³/mol. The van der Waals surface area contributed by atoms with Crippen molar-refractivity contribution in [3.63, 3.8) is 0 Å². The van der Waals surface area contributed by atoms with E-state index < -0.39 is 6.10 Å². The highest BCUT2D eigenvalue weighted by Gasteiger charge is 2.16. The average Bonchev–Trinajstić information content (AvgIpc) is 3.10. The fourth-order valence-electron chi connectivity index (χ4n) is 2.62. The lowest BCUT2D eigenvalue weighted by Gasteiger charge is -2.20. The van der Waals surface area contributed by atoms with Gasteiger partial charge in [0.2, 0.25) is 0 Å². The molecule has 5 heteroatoms. The van der Waals surface area contributed by atoms with Gasteiger partial charge in [0.1, 0.15) is 11.5 Å². The quantitative estimate of drug-likeness (QED) is 0.600. The number of aliphatic hydroxyl groups is 1. The van der Waals surface area contributed by atoms with Gasteiger partial charge in [-0.2, -0.15) is 0 Å². The van der Waals surface area contributed by atoms with E-state index in [9.17, 15) is 5.11 Å². The second-order valence-corrected chi connectivity index (χ2v) is 6.76. The van der Waals surface area contributed by atoms with E-state index in [-0.39, 0.29) is 6.04 Å². The van der Waals surface area contributed by atoms with Crippen LogP contribution in [0.4, 0.5) is 0 Å². The van der Waals surface area contributed by atoms with Crippen molar-refractivity contribution in [2.45, 2.75) is 25.6 Å². The summed E-state index contributed by atoms with van der Waals surface area (Å²) >= 11 is 12.2. The predicted octanol–water partition coefficient (Wildman–Crippen LogP) is 5.47. The van der Waals surface area contributed by atoms with Gasteiger partial charge in [0.25, 0.3) is 0 Å². The van der Waals surface area contributed by atoms with Crippen LogP contribution in [-0.2, 0) is 6.54 Å². The lowest BCUT2D eigenvalue weighted by Crippen LogP contribution is -2.31. The largest absolute Gasteiger partial charge is 0.460 e.